The summed E-state index contributed by atoms with van der Waals surface area (Å²) in [5.41, 5.74) is 0.864. The molecule has 0 spiro atoms. The maximum absolute atomic E-state index is 11.6. The topological polar surface area (TPSA) is 105 Å². The molecule has 0 aliphatic carbocycles. The smallest absolute Gasteiger partial charge is 0.334 e. The summed E-state index contributed by atoms with van der Waals surface area (Å²) in [5, 5.41) is 31.4. The van der Waals surface area contributed by atoms with Gasteiger partial charge in [0, 0.05) is 5.57 Å². The van der Waals surface area contributed by atoms with E-state index in [1.165, 1.54) is 51.4 Å². The fraction of sp³-hybridized carbons (Fsp3) is 0.919. The van der Waals surface area contributed by atoms with Crippen LogP contribution in [0.15, 0.2) is 11.6 Å². The first-order chi connectivity index (χ1) is 21.4. The van der Waals surface area contributed by atoms with Crippen LogP contribution in [0.1, 0.15) is 168 Å². The minimum absolute atomic E-state index is 0.0351. The van der Waals surface area contributed by atoms with Gasteiger partial charge in [-0.15, -0.1) is 0 Å². The number of aliphatic hydroxyl groups is 3. The maximum atomic E-state index is 11.6. The number of carbonyl (C=O) groups excluding carboxylic acids is 1. The second kappa shape index (κ2) is 21.7. The molecule has 0 aromatic rings. The van der Waals surface area contributed by atoms with Crippen molar-refractivity contribution in [2.24, 2.45) is 0 Å². The summed E-state index contributed by atoms with van der Waals surface area (Å²) in [7, 11) is 0. The molecule has 0 aromatic heterocycles. The molecule has 0 aromatic carbocycles. The second-order valence-electron chi connectivity index (χ2n) is 14.0. The van der Waals surface area contributed by atoms with Crippen molar-refractivity contribution in [3.63, 3.8) is 0 Å². The van der Waals surface area contributed by atoms with E-state index in [9.17, 15) is 20.1 Å². The van der Waals surface area contributed by atoms with Gasteiger partial charge in [0.25, 0.3) is 0 Å². The van der Waals surface area contributed by atoms with Crippen molar-refractivity contribution in [1.82, 2.24) is 0 Å². The zero-order chi connectivity index (χ0) is 31.6. The second-order valence-corrected chi connectivity index (χ2v) is 14.0. The van der Waals surface area contributed by atoms with Gasteiger partial charge in [0.1, 0.15) is 6.10 Å². The molecule has 3 rings (SSSR count). The molecule has 8 atom stereocenters. The SMILES string of the molecule is CCCC[C@H](O)CCCCC[C@@H](O)[C@H]1CC[C@H]([C@H]2CC[C@H]([C@H](O)CCCCCCCCCCCCC3=C[C@@H](C)OC3=O)O2)O1. The van der Waals surface area contributed by atoms with Crippen molar-refractivity contribution in [3.05, 3.63) is 11.6 Å². The summed E-state index contributed by atoms with van der Waals surface area (Å²) >= 11 is 0. The van der Waals surface area contributed by atoms with Crippen LogP contribution in [-0.2, 0) is 19.0 Å². The fourth-order valence-corrected chi connectivity index (χ4v) is 7.26. The van der Waals surface area contributed by atoms with Crippen LogP contribution in [0.5, 0.6) is 0 Å². The van der Waals surface area contributed by atoms with Gasteiger partial charge in [0.15, 0.2) is 0 Å². The van der Waals surface area contributed by atoms with Crippen LogP contribution in [0.2, 0.25) is 0 Å². The van der Waals surface area contributed by atoms with Crippen LogP contribution in [0.4, 0.5) is 0 Å². The van der Waals surface area contributed by atoms with E-state index in [0.717, 1.165) is 108 Å². The molecule has 0 unspecified atom stereocenters. The highest BCUT2D eigenvalue weighted by molar-refractivity contribution is 5.90. The van der Waals surface area contributed by atoms with Gasteiger partial charge in [0.2, 0.25) is 0 Å². The number of hydrogen-bond donors (Lipinski definition) is 3. The molecule has 7 nitrogen and oxygen atoms in total. The number of esters is 1. The fourth-order valence-electron chi connectivity index (χ4n) is 7.26. The number of ether oxygens (including phenoxy) is 3. The van der Waals surface area contributed by atoms with Crippen molar-refractivity contribution >= 4 is 5.97 Å². The molecule has 0 amide bonds. The lowest BCUT2D eigenvalue weighted by Crippen LogP contribution is -2.33. The van der Waals surface area contributed by atoms with Crippen molar-refractivity contribution in [2.75, 3.05) is 0 Å². The summed E-state index contributed by atoms with van der Waals surface area (Å²) in [5.74, 6) is -0.123. The Bertz CT molecular complexity index is 801. The Kier molecular flexibility index (Phi) is 18.5. The number of carbonyl (C=O) groups is 1. The highest BCUT2D eigenvalue weighted by Crippen LogP contribution is 2.34. The molecule has 0 radical (unpaired) electrons. The first-order valence-corrected chi connectivity index (χ1v) is 18.6. The normalized spacial score (nSPS) is 27.4. The van der Waals surface area contributed by atoms with E-state index < -0.39 is 12.2 Å². The molecule has 3 aliphatic heterocycles. The van der Waals surface area contributed by atoms with E-state index in [4.69, 9.17) is 14.2 Å². The first-order valence-electron chi connectivity index (χ1n) is 18.6. The van der Waals surface area contributed by atoms with Gasteiger partial charge in [-0.2, -0.15) is 0 Å². The van der Waals surface area contributed by atoms with Crippen LogP contribution >= 0.6 is 0 Å². The average Bonchev–Trinajstić information content (AvgIpc) is 3.76. The molecular weight excluding hydrogens is 556 g/mol. The minimum atomic E-state index is -0.426. The van der Waals surface area contributed by atoms with Crippen LogP contribution < -0.4 is 0 Å². The maximum Gasteiger partial charge on any atom is 0.334 e. The summed E-state index contributed by atoms with van der Waals surface area (Å²) in [6.07, 6.45) is 25.9. The van der Waals surface area contributed by atoms with E-state index >= 15 is 0 Å². The molecule has 2 fully saturated rings. The van der Waals surface area contributed by atoms with Gasteiger partial charge < -0.3 is 29.5 Å². The third-order valence-electron chi connectivity index (χ3n) is 10.1. The number of unbranched alkanes of at least 4 members (excludes halogenated alkanes) is 12. The molecule has 44 heavy (non-hydrogen) atoms. The lowest BCUT2D eigenvalue weighted by atomic mass is 10.00. The Morgan fingerprint density at radius 2 is 1.11 bits per heavy atom. The van der Waals surface area contributed by atoms with E-state index in [0.29, 0.717) is 0 Å². The zero-order valence-electron chi connectivity index (χ0n) is 28.1. The van der Waals surface area contributed by atoms with Crippen molar-refractivity contribution in [3.8, 4) is 0 Å². The van der Waals surface area contributed by atoms with Crippen LogP contribution in [0.3, 0.4) is 0 Å². The Labute approximate surface area is 268 Å². The Morgan fingerprint density at radius 1 is 0.659 bits per heavy atom. The van der Waals surface area contributed by atoms with Gasteiger partial charge in [-0.25, -0.2) is 4.79 Å². The third-order valence-corrected chi connectivity index (χ3v) is 10.1. The number of cyclic esters (lactones) is 1. The summed E-state index contributed by atoms with van der Waals surface area (Å²) in [6.45, 7) is 4.06. The quantitative estimate of drug-likeness (QED) is 0.0703. The minimum Gasteiger partial charge on any atom is -0.455 e. The van der Waals surface area contributed by atoms with Gasteiger partial charge in [-0.3, -0.25) is 0 Å². The number of hydrogen-bond acceptors (Lipinski definition) is 7. The molecule has 2 saturated heterocycles. The molecule has 256 valence electrons. The summed E-state index contributed by atoms with van der Waals surface area (Å²) in [4.78, 5) is 11.6. The predicted octanol–water partition coefficient (Wildman–Crippen LogP) is 7.86. The number of rotatable bonds is 25. The standard InChI is InChI=1S/C37H66O7/c1-3-4-19-30(38)20-15-13-17-22-32(40)34-24-26-36(44-34)35-25-23-33(43-35)31(39)21-16-12-10-8-6-5-7-9-11-14-18-29-27-28(2)42-37(29)41/h27-28,30-36,38-40H,3-26H2,1-2H3/t28-,30+,31-,32-,33-,34-,35-,36-/m1/s1. The van der Waals surface area contributed by atoms with Gasteiger partial charge >= 0.3 is 5.97 Å². The largest absolute Gasteiger partial charge is 0.455 e. The highest BCUT2D eigenvalue weighted by Gasteiger charge is 2.40. The van der Waals surface area contributed by atoms with E-state index in [1.807, 2.05) is 13.0 Å². The predicted molar refractivity (Wildman–Crippen MR) is 175 cm³/mol. The average molecular weight is 623 g/mol. The Balaban J connectivity index is 1.12. The van der Waals surface area contributed by atoms with Crippen LogP contribution in [0, 0.1) is 0 Å². The monoisotopic (exact) mass is 622 g/mol. The highest BCUT2D eigenvalue weighted by atomic mass is 16.6. The molecule has 7 heteroatoms. The van der Waals surface area contributed by atoms with E-state index in [-0.39, 0.29) is 42.6 Å². The van der Waals surface area contributed by atoms with Gasteiger partial charge in [-0.05, 0) is 77.2 Å². The lowest BCUT2D eigenvalue weighted by molar-refractivity contribution is -0.139. The van der Waals surface area contributed by atoms with Gasteiger partial charge in [-0.1, -0.05) is 96.8 Å². The van der Waals surface area contributed by atoms with Crippen molar-refractivity contribution in [1.29, 1.82) is 0 Å². The van der Waals surface area contributed by atoms with Gasteiger partial charge in [0.05, 0.1) is 42.7 Å². The molecule has 3 aliphatic rings. The third kappa shape index (κ3) is 14.2. The van der Waals surface area contributed by atoms with Crippen LogP contribution in [-0.4, -0.2) is 70.1 Å². The number of aliphatic hydroxyl groups excluding tert-OH is 3. The molecule has 3 N–H and O–H groups in total. The molecule has 0 saturated carbocycles. The first kappa shape index (κ1) is 37.5. The lowest BCUT2D eigenvalue weighted by Gasteiger charge is -2.24. The summed E-state index contributed by atoms with van der Waals surface area (Å²) < 4.78 is 17.7. The van der Waals surface area contributed by atoms with Crippen molar-refractivity contribution in [2.45, 2.75) is 217 Å². The zero-order valence-corrected chi connectivity index (χ0v) is 28.1. The Hall–Kier alpha value is -0.990. The molecule has 3 heterocycles. The van der Waals surface area contributed by atoms with Crippen molar-refractivity contribution < 1.29 is 34.3 Å². The van der Waals surface area contributed by atoms with E-state index in [2.05, 4.69) is 6.92 Å². The van der Waals surface area contributed by atoms with E-state index in [1.54, 1.807) is 0 Å². The van der Waals surface area contributed by atoms with Crippen LogP contribution in [0.25, 0.3) is 0 Å². The molecular formula is C37H66O7. The molecule has 0 bridgehead atoms. The summed E-state index contributed by atoms with van der Waals surface area (Å²) in [6, 6.07) is 0. The Morgan fingerprint density at radius 3 is 1.61 bits per heavy atom.